The summed E-state index contributed by atoms with van der Waals surface area (Å²) in [6.45, 7) is 1.69. The predicted molar refractivity (Wildman–Crippen MR) is 188 cm³/mol. The first kappa shape index (κ1) is 40.1. The van der Waals surface area contributed by atoms with E-state index in [2.05, 4.69) is 9.64 Å². The highest BCUT2D eigenvalue weighted by Crippen LogP contribution is 2.67. The van der Waals surface area contributed by atoms with Crippen LogP contribution in [-0.4, -0.2) is 73.8 Å². The number of hydrogen-bond donors (Lipinski definition) is 1. The van der Waals surface area contributed by atoms with Crippen LogP contribution in [0.3, 0.4) is 0 Å². The first-order valence-corrected chi connectivity index (χ1v) is 18.8. The standard InChI is InChI=1S/C39H29Cl2F8N3O6/c40-37-15-23-20(7-8-21-25(23)34(55)51(33(21)54)18-10-12-50(13-11-18)16-17-4-2-1-3-5-17)26(22-14-19(6-9-24(22)53)58-39(47,48)49)38(37,41)36(57)52(35(37)56)32-30(45)28(43)27(42)29(44)31(32)46/h1-7,9,14,18,21,23,25-26,53H,8,10-13,15-16H2/t21-,23+,25-,26+,37+,38-/m0/s1. The van der Waals surface area contributed by atoms with Crippen LogP contribution < -0.4 is 9.64 Å². The van der Waals surface area contributed by atoms with E-state index in [1.165, 1.54) is 6.08 Å². The number of carbonyl (C=O) groups excluding carboxylic acids is 4. The normalized spacial score (nSPS) is 29.1. The summed E-state index contributed by atoms with van der Waals surface area (Å²) < 4.78 is 118. The highest BCUT2D eigenvalue weighted by molar-refractivity contribution is 6.58. The molecule has 6 atom stereocenters. The number of imide groups is 2. The molecule has 0 aromatic heterocycles. The van der Waals surface area contributed by atoms with Gasteiger partial charge in [0.05, 0.1) is 11.8 Å². The number of anilines is 1. The summed E-state index contributed by atoms with van der Waals surface area (Å²) in [6, 6.07) is 11.2. The van der Waals surface area contributed by atoms with Crippen LogP contribution in [0.4, 0.5) is 40.8 Å². The predicted octanol–water partition coefficient (Wildman–Crippen LogP) is 7.21. The third kappa shape index (κ3) is 5.89. The van der Waals surface area contributed by atoms with E-state index in [1.54, 1.807) is 0 Å². The number of likely N-dealkylation sites (tertiary alicyclic amines) is 2. The lowest BCUT2D eigenvalue weighted by molar-refractivity contribution is -0.274. The van der Waals surface area contributed by atoms with Crippen LogP contribution in [0, 0.1) is 46.8 Å². The van der Waals surface area contributed by atoms with Crippen LogP contribution in [-0.2, 0) is 25.7 Å². The Hall–Kier alpha value is -4.74. The van der Waals surface area contributed by atoms with Gasteiger partial charge in [0.15, 0.2) is 33.0 Å². The van der Waals surface area contributed by atoms with Crippen molar-refractivity contribution in [2.45, 2.75) is 60.3 Å². The number of ether oxygens (including phenoxy) is 1. The minimum Gasteiger partial charge on any atom is -0.508 e. The Labute approximate surface area is 333 Å². The molecule has 3 aromatic rings. The van der Waals surface area contributed by atoms with Gasteiger partial charge in [-0.25, -0.2) is 26.9 Å². The molecule has 9 nitrogen and oxygen atoms in total. The van der Waals surface area contributed by atoms with Gasteiger partial charge in [-0.3, -0.25) is 29.0 Å². The highest BCUT2D eigenvalue weighted by Gasteiger charge is 2.77. The van der Waals surface area contributed by atoms with Gasteiger partial charge in [0.2, 0.25) is 17.6 Å². The number of halogens is 10. The van der Waals surface area contributed by atoms with E-state index in [9.17, 15) is 50.6 Å². The molecule has 1 N–H and O–H groups in total. The number of benzene rings is 3. The maximum Gasteiger partial charge on any atom is 0.573 e. The van der Waals surface area contributed by atoms with E-state index in [-0.39, 0.29) is 12.0 Å². The molecule has 5 aliphatic rings. The lowest BCUT2D eigenvalue weighted by atomic mass is 9.56. The van der Waals surface area contributed by atoms with Crippen molar-refractivity contribution in [2.75, 3.05) is 18.0 Å². The molecule has 306 valence electrons. The van der Waals surface area contributed by atoms with E-state index in [1.807, 2.05) is 30.3 Å². The monoisotopic (exact) mass is 857 g/mol. The number of nitrogens with zero attached hydrogens (tertiary/aromatic N) is 3. The van der Waals surface area contributed by atoms with E-state index in [4.69, 9.17) is 23.2 Å². The van der Waals surface area contributed by atoms with Crippen molar-refractivity contribution in [1.29, 1.82) is 0 Å². The summed E-state index contributed by atoms with van der Waals surface area (Å²) in [7, 11) is 0. The van der Waals surface area contributed by atoms with Gasteiger partial charge in [0, 0.05) is 37.2 Å². The Bertz CT molecular complexity index is 2280. The van der Waals surface area contributed by atoms with Gasteiger partial charge in [0.1, 0.15) is 17.2 Å². The van der Waals surface area contributed by atoms with Crippen molar-refractivity contribution in [1.82, 2.24) is 9.80 Å². The molecule has 0 radical (unpaired) electrons. The Balaban J connectivity index is 1.21. The fraction of sp³-hybridized carbons (Fsp3) is 0.385. The quantitative estimate of drug-likeness (QED) is 0.0698. The van der Waals surface area contributed by atoms with Crippen molar-refractivity contribution in [3.05, 3.63) is 100 Å². The van der Waals surface area contributed by atoms with Crippen molar-refractivity contribution in [3.8, 4) is 11.5 Å². The molecule has 1 saturated carbocycles. The summed E-state index contributed by atoms with van der Waals surface area (Å²) in [6.07, 6.45) is -4.10. The molecule has 3 aromatic carbocycles. The zero-order valence-electron chi connectivity index (χ0n) is 29.6. The fourth-order valence-electron chi connectivity index (χ4n) is 9.43. The number of rotatable bonds is 6. The summed E-state index contributed by atoms with van der Waals surface area (Å²) in [4.78, 5) is 54.4. The van der Waals surface area contributed by atoms with Crippen molar-refractivity contribution >= 4 is 52.5 Å². The lowest BCUT2D eigenvalue weighted by Crippen LogP contribution is -2.60. The maximum absolute atomic E-state index is 15.3. The first-order valence-electron chi connectivity index (χ1n) is 18.0. The molecule has 3 saturated heterocycles. The van der Waals surface area contributed by atoms with E-state index < -0.39 is 133 Å². The van der Waals surface area contributed by atoms with Gasteiger partial charge in [-0.15, -0.1) is 36.4 Å². The number of carbonyl (C=O) groups is 4. The summed E-state index contributed by atoms with van der Waals surface area (Å²) >= 11 is 14.1. The first-order chi connectivity index (χ1) is 27.3. The van der Waals surface area contributed by atoms with Crippen LogP contribution in [0.5, 0.6) is 11.5 Å². The zero-order chi connectivity index (χ0) is 41.8. The van der Waals surface area contributed by atoms with Crippen LogP contribution in [0.1, 0.15) is 42.7 Å². The third-order valence-electron chi connectivity index (χ3n) is 12.0. The molecule has 0 spiro atoms. The number of hydrogen-bond acceptors (Lipinski definition) is 7. The molecule has 2 aliphatic carbocycles. The number of alkyl halides is 5. The second-order valence-electron chi connectivity index (χ2n) is 15.0. The Kier molecular flexibility index (Phi) is 9.63. The molecule has 4 amide bonds. The van der Waals surface area contributed by atoms with Crippen molar-refractivity contribution < 1.29 is 64.1 Å². The van der Waals surface area contributed by atoms with Gasteiger partial charge >= 0.3 is 6.36 Å². The van der Waals surface area contributed by atoms with Crippen molar-refractivity contribution in [2.24, 2.45) is 17.8 Å². The number of allylic oxidation sites excluding steroid dienone is 2. The Morgan fingerprint density at radius 2 is 1.43 bits per heavy atom. The largest absolute Gasteiger partial charge is 0.573 e. The molecule has 3 aliphatic heterocycles. The van der Waals surface area contributed by atoms with Crippen molar-refractivity contribution in [3.63, 3.8) is 0 Å². The molecule has 4 fully saturated rings. The third-order valence-corrected chi connectivity index (χ3v) is 13.4. The minimum absolute atomic E-state index is 0.0481. The molecule has 0 bridgehead atoms. The number of amides is 4. The smallest absolute Gasteiger partial charge is 0.508 e. The van der Waals surface area contributed by atoms with Crippen LogP contribution in [0.25, 0.3) is 0 Å². The molecule has 8 rings (SSSR count). The molecular formula is C39H29Cl2F8N3O6. The topological polar surface area (TPSA) is 107 Å². The molecule has 58 heavy (non-hydrogen) atoms. The molecular weight excluding hydrogens is 829 g/mol. The minimum atomic E-state index is -5.28. The van der Waals surface area contributed by atoms with Crippen LogP contribution in [0.2, 0.25) is 0 Å². The van der Waals surface area contributed by atoms with Gasteiger partial charge in [-0.2, -0.15) is 0 Å². The molecule has 3 heterocycles. The van der Waals surface area contributed by atoms with E-state index >= 15 is 8.78 Å². The van der Waals surface area contributed by atoms with E-state index in [0.29, 0.717) is 44.6 Å². The second kappa shape index (κ2) is 13.9. The summed E-state index contributed by atoms with van der Waals surface area (Å²) in [5, 5.41) is 11.2. The SMILES string of the molecule is O=C1[C@H]2[C@H](CC=C3[C@H]2C[C@@]2(Cl)C(=O)N(c4c(F)c(F)c(F)c(F)c4F)C(=O)[C@@]2(Cl)[C@H]3c2cc(OC(F)(F)F)ccc2O)C(=O)N1C1CCN(Cc2ccccc2)CC1. The summed E-state index contributed by atoms with van der Waals surface area (Å²) in [5.74, 6) is -25.2. The zero-order valence-corrected chi connectivity index (χ0v) is 31.2. The van der Waals surface area contributed by atoms with Crippen LogP contribution >= 0.6 is 23.2 Å². The Morgan fingerprint density at radius 1 is 0.810 bits per heavy atom. The molecule has 19 heteroatoms. The van der Waals surface area contributed by atoms with E-state index in [0.717, 1.165) is 16.5 Å². The highest BCUT2D eigenvalue weighted by atomic mass is 35.5. The number of aromatic hydroxyl groups is 1. The lowest BCUT2D eigenvalue weighted by Gasteiger charge is -2.50. The number of phenolic OH excluding ortho intramolecular Hbond substituents is 1. The second-order valence-corrected chi connectivity index (χ2v) is 16.2. The number of phenols is 1. The van der Waals surface area contributed by atoms with Gasteiger partial charge in [-0.05, 0) is 55.4 Å². The average Bonchev–Trinajstić information content (AvgIpc) is 3.52. The van der Waals surface area contributed by atoms with Gasteiger partial charge < -0.3 is 9.84 Å². The fourth-order valence-corrected chi connectivity index (χ4v) is 10.4. The van der Waals surface area contributed by atoms with Crippen LogP contribution in [0.15, 0.2) is 60.2 Å². The van der Waals surface area contributed by atoms with Gasteiger partial charge in [-0.1, -0.05) is 42.0 Å². The number of piperidine rings is 1. The Morgan fingerprint density at radius 3 is 2.05 bits per heavy atom. The average molecular weight is 859 g/mol. The molecule has 0 unspecified atom stereocenters. The number of fused-ring (bicyclic) bond motifs is 4. The maximum atomic E-state index is 15.3. The summed E-state index contributed by atoms with van der Waals surface area (Å²) in [5.41, 5.74) is -1.63. The van der Waals surface area contributed by atoms with Gasteiger partial charge in [0.25, 0.3) is 11.8 Å².